The third-order valence-corrected chi connectivity index (χ3v) is 10.2. The second-order valence-corrected chi connectivity index (χ2v) is 12.9. The summed E-state index contributed by atoms with van der Waals surface area (Å²) in [6.45, 7) is 7.10. The molecule has 1 aromatic rings. The SMILES string of the molecule is CCOC(=O)N1CCC(N[C@H]2CS(=O)(=O)C[C@@H]2S(=O)(=O)c2ccc(C(C)C)cc2)CC1. The Labute approximate surface area is 185 Å². The van der Waals surface area contributed by atoms with Gasteiger partial charge >= 0.3 is 6.09 Å². The van der Waals surface area contributed by atoms with Crippen molar-refractivity contribution in [2.75, 3.05) is 31.2 Å². The van der Waals surface area contributed by atoms with E-state index in [4.69, 9.17) is 4.74 Å². The summed E-state index contributed by atoms with van der Waals surface area (Å²) in [7, 11) is -7.28. The molecule has 8 nitrogen and oxygen atoms in total. The molecule has 0 unspecified atom stereocenters. The van der Waals surface area contributed by atoms with Gasteiger partial charge < -0.3 is 15.0 Å². The van der Waals surface area contributed by atoms with Crippen LogP contribution in [0.25, 0.3) is 0 Å². The summed E-state index contributed by atoms with van der Waals surface area (Å²) in [5, 5.41) is 2.26. The van der Waals surface area contributed by atoms with Gasteiger partial charge in [-0.25, -0.2) is 21.6 Å². The Bertz CT molecular complexity index is 981. The minimum atomic E-state index is -3.81. The van der Waals surface area contributed by atoms with Gasteiger partial charge in [-0.2, -0.15) is 0 Å². The molecule has 10 heteroatoms. The lowest BCUT2D eigenvalue weighted by Crippen LogP contribution is -2.52. The largest absolute Gasteiger partial charge is 0.450 e. The van der Waals surface area contributed by atoms with Crippen molar-refractivity contribution in [3.05, 3.63) is 29.8 Å². The molecule has 0 saturated carbocycles. The Balaban J connectivity index is 1.72. The van der Waals surface area contributed by atoms with E-state index in [0.717, 1.165) is 5.56 Å². The Hall–Kier alpha value is -1.65. The van der Waals surface area contributed by atoms with Crippen LogP contribution < -0.4 is 5.32 Å². The zero-order valence-electron chi connectivity index (χ0n) is 18.3. The highest BCUT2D eigenvalue weighted by molar-refractivity contribution is 7.96. The van der Waals surface area contributed by atoms with E-state index in [-0.39, 0.29) is 34.5 Å². The number of carbonyl (C=O) groups is 1. The van der Waals surface area contributed by atoms with Crippen LogP contribution in [0.4, 0.5) is 4.79 Å². The van der Waals surface area contributed by atoms with Crippen LogP contribution in [0.3, 0.4) is 0 Å². The van der Waals surface area contributed by atoms with Crippen molar-refractivity contribution >= 4 is 25.8 Å². The fraction of sp³-hybridized carbons (Fsp3) is 0.667. The third-order valence-electron chi connectivity index (χ3n) is 6.05. The maximum atomic E-state index is 13.3. The Morgan fingerprint density at radius 2 is 1.77 bits per heavy atom. The molecule has 0 aliphatic carbocycles. The number of nitrogens with zero attached hydrogens (tertiary/aromatic N) is 1. The number of ether oxygens (including phenoxy) is 1. The quantitative estimate of drug-likeness (QED) is 0.674. The summed E-state index contributed by atoms with van der Waals surface area (Å²) in [5.74, 6) is -0.293. The first-order valence-electron chi connectivity index (χ1n) is 10.8. The van der Waals surface area contributed by atoms with Gasteiger partial charge in [-0.05, 0) is 43.4 Å². The normalized spacial score (nSPS) is 24.5. The summed E-state index contributed by atoms with van der Waals surface area (Å²) < 4.78 is 56.3. The molecule has 2 saturated heterocycles. The number of sulfone groups is 2. The van der Waals surface area contributed by atoms with Crippen LogP contribution in [0, 0.1) is 0 Å². The summed E-state index contributed by atoms with van der Waals surface area (Å²) in [4.78, 5) is 13.6. The minimum Gasteiger partial charge on any atom is -0.450 e. The number of nitrogens with one attached hydrogen (secondary N) is 1. The second kappa shape index (κ2) is 9.46. The number of carbonyl (C=O) groups excluding carboxylic acids is 1. The van der Waals surface area contributed by atoms with Crippen LogP contribution >= 0.6 is 0 Å². The molecule has 2 aliphatic rings. The van der Waals surface area contributed by atoms with Gasteiger partial charge in [0.05, 0.1) is 28.3 Å². The first-order valence-corrected chi connectivity index (χ1v) is 14.1. The zero-order valence-corrected chi connectivity index (χ0v) is 19.9. The average Bonchev–Trinajstić information content (AvgIpc) is 3.03. The average molecular weight is 473 g/mol. The molecule has 0 radical (unpaired) electrons. The van der Waals surface area contributed by atoms with Gasteiger partial charge in [-0.15, -0.1) is 0 Å². The van der Waals surface area contributed by atoms with E-state index in [9.17, 15) is 21.6 Å². The van der Waals surface area contributed by atoms with Crippen molar-refractivity contribution in [3.63, 3.8) is 0 Å². The van der Waals surface area contributed by atoms with Crippen molar-refractivity contribution in [1.82, 2.24) is 10.2 Å². The van der Waals surface area contributed by atoms with E-state index in [1.54, 1.807) is 36.1 Å². The van der Waals surface area contributed by atoms with Crippen molar-refractivity contribution < 1.29 is 26.4 Å². The molecule has 3 rings (SSSR count). The first-order chi connectivity index (χ1) is 14.5. The van der Waals surface area contributed by atoms with E-state index in [0.29, 0.717) is 32.5 Å². The molecule has 2 heterocycles. The fourth-order valence-corrected chi connectivity index (χ4v) is 8.92. The van der Waals surface area contributed by atoms with E-state index >= 15 is 0 Å². The predicted octanol–water partition coefficient (Wildman–Crippen LogP) is 1.96. The van der Waals surface area contributed by atoms with E-state index in [1.807, 2.05) is 13.8 Å². The van der Waals surface area contributed by atoms with Gasteiger partial charge in [-0.1, -0.05) is 26.0 Å². The standard InChI is InChI=1S/C21H32N2O6S2/c1-4-29-21(24)23-11-9-17(10-12-23)22-19-13-30(25,26)14-20(19)31(27,28)18-7-5-16(6-8-18)15(2)3/h5-8,15,17,19-20,22H,4,9-14H2,1-3H3/t19-,20-/m0/s1. The van der Waals surface area contributed by atoms with E-state index in [2.05, 4.69) is 5.32 Å². The van der Waals surface area contributed by atoms with Gasteiger partial charge in [0.2, 0.25) is 0 Å². The van der Waals surface area contributed by atoms with Gasteiger partial charge in [0.25, 0.3) is 0 Å². The van der Waals surface area contributed by atoms with E-state index in [1.165, 1.54) is 0 Å². The van der Waals surface area contributed by atoms with Crippen LogP contribution in [0.15, 0.2) is 29.2 Å². The highest BCUT2D eigenvalue weighted by Gasteiger charge is 2.46. The van der Waals surface area contributed by atoms with Gasteiger partial charge in [0, 0.05) is 25.2 Å². The molecule has 1 amide bonds. The van der Waals surface area contributed by atoms with Crippen LogP contribution in [-0.2, 0) is 24.4 Å². The van der Waals surface area contributed by atoms with Crippen LogP contribution in [-0.4, -0.2) is 76.4 Å². The summed E-state index contributed by atoms with van der Waals surface area (Å²) >= 11 is 0. The third kappa shape index (κ3) is 5.59. The van der Waals surface area contributed by atoms with Gasteiger partial charge in [0.15, 0.2) is 19.7 Å². The monoisotopic (exact) mass is 472 g/mol. The molecule has 0 bridgehead atoms. The van der Waals surface area contributed by atoms with Crippen molar-refractivity contribution in [2.45, 2.75) is 61.8 Å². The number of benzene rings is 1. The van der Waals surface area contributed by atoms with Crippen molar-refractivity contribution in [1.29, 1.82) is 0 Å². The number of amides is 1. The first kappa shape index (κ1) is 24.0. The van der Waals surface area contributed by atoms with Crippen LogP contribution in [0.1, 0.15) is 45.1 Å². The Morgan fingerprint density at radius 1 is 1.16 bits per heavy atom. The summed E-state index contributed by atoms with van der Waals surface area (Å²) in [6.07, 6.45) is 0.880. The van der Waals surface area contributed by atoms with Gasteiger partial charge in [-0.3, -0.25) is 0 Å². The molecule has 2 aliphatic heterocycles. The Kier molecular flexibility index (Phi) is 7.32. The highest BCUT2D eigenvalue weighted by atomic mass is 32.2. The lowest BCUT2D eigenvalue weighted by Gasteiger charge is -2.34. The fourth-order valence-electron chi connectivity index (χ4n) is 4.24. The number of piperidine rings is 1. The topological polar surface area (TPSA) is 110 Å². The van der Waals surface area contributed by atoms with Crippen LogP contribution in [0.5, 0.6) is 0 Å². The number of hydrogen-bond acceptors (Lipinski definition) is 7. The Morgan fingerprint density at radius 3 is 2.32 bits per heavy atom. The molecule has 31 heavy (non-hydrogen) atoms. The zero-order chi connectivity index (χ0) is 22.8. The smallest absolute Gasteiger partial charge is 0.409 e. The summed E-state index contributed by atoms with van der Waals surface area (Å²) in [5.41, 5.74) is 1.03. The number of hydrogen-bond donors (Lipinski definition) is 1. The molecule has 0 spiro atoms. The van der Waals surface area contributed by atoms with Crippen LogP contribution in [0.2, 0.25) is 0 Å². The van der Waals surface area contributed by atoms with Gasteiger partial charge in [0.1, 0.15) is 0 Å². The molecule has 2 atom stereocenters. The molecular weight excluding hydrogens is 440 g/mol. The maximum Gasteiger partial charge on any atom is 0.409 e. The van der Waals surface area contributed by atoms with Crippen molar-refractivity contribution in [3.8, 4) is 0 Å². The molecular formula is C21H32N2O6S2. The molecule has 174 valence electrons. The molecule has 1 N–H and O–H groups in total. The number of rotatable bonds is 6. The lowest BCUT2D eigenvalue weighted by molar-refractivity contribution is 0.0945. The number of likely N-dealkylation sites (tertiary alicyclic amines) is 1. The van der Waals surface area contributed by atoms with E-state index < -0.39 is 31.0 Å². The molecule has 0 aromatic heterocycles. The second-order valence-electron chi connectivity index (χ2n) is 8.62. The molecule has 1 aromatic carbocycles. The highest BCUT2D eigenvalue weighted by Crippen LogP contribution is 2.28. The maximum absolute atomic E-state index is 13.3. The summed E-state index contributed by atoms with van der Waals surface area (Å²) in [6, 6.07) is 6.00. The van der Waals surface area contributed by atoms with Crippen molar-refractivity contribution in [2.24, 2.45) is 0 Å². The predicted molar refractivity (Wildman–Crippen MR) is 119 cm³/mol. The lowest BCUT2D eigenvalue weighted by atomic mass is 10.0. The minimum absolute atomic E-state index is 0.0509. The molecule has 2 fully saturated rings.